The van der Waals surface area contributed by atoms with E-state index in [0.717, 1.165) is 10.0 Å². The Kier molecular flexibility index (Phi) is 5.80. The van der Waals surface area contributed by atoms with Gasteiger partial charge in [0.05, 0.1) is 18.6 Å². The van der Waals surface area contributed by atoms with Gasteiger partial charge in [-0.1, -0.05) is 17.7 Å². The molecule has 0 saturated heterocycles. The minimum absolute atomic E-state index is 0.204. The van der Waals surface area contributed by atoms with Crippen molar-refractivity contribution in [3.05, 3.63) is 33.3 Å². The van der Waals surface area contributed by atoms with E-state index in [-0.39, 0.29) is 5.97 Å². The molecule has 0 unspecified atom stereocenters. The van der Waals surface area contributed by atoms with Crippen LogP contribution in [0.4, 0.5) is 0 Å². The Bertz CT molecular complexity index is 371. The maximum atomic E-state index is 10.8. The second-order valence-corrected chi connectivity index (χ2v) is 4.51. The summed E-state index contributed by atoms with van der Waals surface area (Å²) in [7, 11) is 1.39. The van der Waals surface area contributed by atoms with Crippen LogP contribution in [0.15, 0.2) is 22.7 Å². The summed E-state index contributed by atoms with van der Waals surface area (Å²) in [6.07, 6.45) is 0.380. The third kappa shape index (κ3) is 4.51. The fourth-order valence-electron chi connectivity index (χ4n) is 1.17. The highest BCUT2D eigenvalue weighted by Crippen LogP contribution is 2.22. The Morgan fingerprint density at radius 2 is 2.31 bits per heavy atom. The van der Waals surface area contributed by atoms with Gasteiger partial charge in [-0.05, 0) is 33.6 Å². The molecule has 0 atom stereocenters. The molecule has 0 fully saturated rings. The SMILES string of the molecule is COC(=O)CCNCc1ccc(Cl)c(Br)c1. The fraction of sp³-hybridized carbons (Fsp3) is 0.364. The Balaban J connectivity index is 2.32. The lowest BCUT2D eigenvalue weighted by Gasteiger charge is -2.05. The van der Waals surface area contributed by atoms with Gasteiger partial charge in [-0.2, -0.15) is 0 Å². The number of ether oxygens (including phenoxy) is 1. The van der Waals surface area contributed by atoms with Gasteiger partial charge in [0.15, 0.2) is 0 Å². The van der Waals surface area contributed by atoms with Crippen LogP contribution < -0.4 is 5.32 Å². The van der Waals surface area contributed by atoms with E-state index in [9.17, 15) is 4.79 Å². The largest absolute Gasteiger partial charge is 0.469 e. The van der Waals surface area contributed by atoms with Crippen LogP contribution in [-0.2, 0) is 16.1 Å². The summed E-state index contributed by atoms with van der Waals surface area (Å²) in [4.78, 5) is 10.8. The lowest BCUT2D eigenvalue weighted by molar-refractivity contribution is -0.140. The summed E-state index contributed by atoms with van der Waals surface area (Å²) < 4.78 is 5.41. The number of hydrogen-bond donors (Lipinski definition) is 1. The highest BCUT2D eigenvalue weighted by Gasteiger charge is 2.01. The number of hydrogen-bond acceptors (Lipinski definition) is 3. The van der Waals surface area contributed by atoms with Crippen molar-refractivity contribution in [2.45, 2.75) is 13.0 Å². The molecule has 1 N–H and O–H groups in total. The molecule has 5 heteroatoms. The topological polar surface area (TPSA) is 38.3 Å². The zero-order valence-corrected chi connectivity index (χ0v) is 11.3. The Labute approximate surface area is 108 Å². The predicted octanol–water partition coefficient (Wildman–Crippen LogP) is 2.76. The third-order valence-corrected chi connectivity index (χ3v) is 3.26. The van der Waals surface area contributed by atoms with Crippen LogP contribution in [0.2, 0.25) is 5.02 Å². The van der Waals surface area contributed by atoms with Gasteiger partial charge in [0.2, 0.25) is 0 Å². The Morgan fingerprint density at radius 3 is 2.94 bits per heavy atom. The smallest absolute Gasteiger partial charge is 0.306 e. The number of benzene rings is 1. The maximum absolute atomic E-state index is 10.8. The van der Waals surface area contributed by atoms with Gasteiger partial charge in [0.25, 0.3) is 0 Å². The summed E-state index contributed by atoms with van der Waals surface area (Å²) >= 11 is 9.23. The van der Waals surface area contributed by atoms with Crippen LogP contribution in [0.5, 0.6) is 0 Å². The first-order valence-corrected chi connectivity index (χ1v) is 6.02. The zero-order chi connectivity index (χ0) is 12.0. The molecule has 16 heavy (non-hydrogen) atoms. The number of rotatable bonds is 5. The zero-order valence-electron chi connectivity index (χ0n) is 8.93. The number of carbonyl (C=O) groups excluding carboxylic acids is 1. The van der Waals surface area contributed by atoms with Crippen molar-refractivity contribution in [3.63, 3.8) is 0 Å². The molecule has 0 aliphatic rings. The van der Waals surface area contributed by atoms with Crippen LogP contribution in [0.1, 0.15) is 12.0 Å². The lowest BCUT2D eigenvalue weighted by Crippen LogP contribution is -2.18. The third-order valence-electron chi connectivity index (χ3n) is 2.05. The van der Waals surface area contributed by atoms with Gasteiger partial charge >= 0.3 is 5.97 Å². The Hall–Kier alpha value is -0.580. The average molecular weight is 307 g/mol. The maximum Gasteiger partial charge on any atom is 0.306 e. The van der Waals surface area contributed by atoms with Gasteiger partial charge < -0.3 is 10.1 Å². The molecule has 0 spiro atoms. The molecule has 0 radical (unpaired) electrons. The molecule has 0 amide bonds. The van der Waals surface area contributed by atoms with Crippen LogP contribution in [0.3, 0.4) is 0 Å². The van der Waals surface area contributed by atoms with Crippen LogP contribution >= 0.6 is 27.5 Å². The monoisotopic (exact) mass is 305 g/mol. The van der Waals surface area contributed by atoms with E-state index in [0.29, 0.717) is 24.5 Å². The molecule has 88 valence electrons. The van der Waals surface area contributed by atoms with Crippen molar-refractivity contribution in [1.29, 1.82) is 0 Å². The molecule has 0 bridgehead atoms. The number of nitrogens with one attached hydrogen (secondary N) is 1. The number of esters is 1. The van der Waals surface area contributed by atoms with Crippen molar-refractivity contribution >= 4 is 33.5 Å². The predicted molar refractivity (Wildman–Crippen MR) is 67.5 cm³/mol. The molecule has 0 aromatic heterocycles. The van der Waals surface area contributed by atoms with Gasteiger partial charge in [0, 0.05) is 17.6 Å². The van der Waals surface area contributed by atoms with Crippen molar-refractivity contribution in [2.24, 2.45) is 0 Å². The van der Waals surface area contributed by atoms with Crippen LogP contribution in [0.25, 0.3) is 0 Å². The summed E-state index contributed by atoms with van der Waals surface area (Å²) in [5, 5.41) is 3.84. The van der Waals surface area contributed by atoms with E-state index < -0.39 is 0 Å². The second kappa shape index (κ2) is 6.89. The summed E-state index contributed by atoms with van der Waals surface area (Å²) in [6, 6.07) is 5.73. The fourth-order valence-corrected chi connectivity index (χ4v) is 1.72. The van der Waals surface area contributed by atoms with Crippen LogP contribution in [-0.4, -0.2) is 19.6 Å². The molecule has 0 heterocycles. The first-order valence-electron chi connectivity index (χ1n) is 4.85. The molecule has 0 aliphatic heterocycles. The van der Waals surface area contributed by atoms with Crippen molar-refractivity contribution < 1.29 is 9.53 Å². The molecule has 3 nitrogen and oxygen atoms in total. The first kappa shape index (κ1) is 13.5. The second-order valence-electron chi connectivity index (χ2n) is 3.25. The number of halogens is 2. The van der Waals surface area contributed by atoms with E-state index in [4.69, 9.17) is 11.6 Å². The standard InChI is InChI=1S/C11H13BrClNO2/c1-16-11(15)4-5-14-7-8-2-3-10(13)9(12)6-8/h2-3,6,14H,4-5,7H2,1H3. The van der Waals surface area contributed by atoms with Gasteiger partial charge in [-0.25, -0.2) is 0 Å². The highest BCUT2D eigenvalue weighted by molar-refractivity contribution is 9.10. The van der Waals surface area contributed by atoms with Gasteiger partial charge in [0.1, 0.15) is 0 Å². The lowest BCUT2D eigenvalue weighted by atomic mass is 10.2. The molecule has 0 aliphatic carbocycles. The first-order chi connectivity index (χ1) is 7.63. The van der Waals surface area contributed by atoms with Crippen molar-refractivity contribution in [2.75, 3.05) is 13.7 Å². The normalized spacial score (nSPS) is 10.2. The molecule has 1 aromatic rings. The molecule has 1 aromatic carbocycles. The molecular weight excluding hydrogens is 293 g/mol. The van der Waals surface area contributed by atoms with Gasteiger partial charge in [-0.15, -0.1) is 0 Å². The van der Waals surface area contributed by atoms with E-state index in [1.165, 1.54) is 7.11 Å². The quantitative estimate of drug-likeness (QED) is 0.671. The molecule has 0 saturated carbocycles. The van der Waals surface area contributed by atoms with E-state index in [1.807, 2.05) is 18.2 Å². The summed E-state index contributed by atoms with van der Waals surface area (Å²) in [5.41, 5.74) is 1.11. The Morgan fingerprint density at radius 1 is 1.56 bits per heavy atom. The number of methoxy groups -OCH3 is 1. The minimum Gasteiger partial charge on any atom is -0.469 e. The van der Waals surface area contributed by atoms with Crippen molar-refractivity contribution in [1.82, 2.24) is 5.32 Å². The molecular formula is C11H13BrClNO2. The van der Waals surface area contributed by atoms with E-state index in [2.05, 4.69) is 26.0 Å². The minimum atomic E-state index is -0.204. The van der Waals surface area contributed by atoms with E-state index >= 15 is 0 Å². The average Bonchev–Trinajstić information content (AvgIpc) is 2.28. The summed E-state index contributed by atoms with van der Waals surface area (Å²) in [5.74, 6) is -0.204. The van der Waals surface area contributed by atoms with Crippen molar-refractivity contribution in [3.8, 4) is 0 Å². The highest BCUT2D eigenvalue weighted by atomic mass is 79.9. The molecule has 1 rings (SSSR count). The van der Waals surface area contributed by atoms with Crippen LogP contribution in [0, 0.1) is 0 Å². The number of carbonyl (C=O) groups is 1. The van der Waals surface area contributed by atoms with Gasteiger partial charge in [-0.3, -0.25) is 4.79 Å². The summed E-state index contributed by atoms with van der Waals surface area (Å²) in [6.45, 7) is 1.31. The van der Waals surface area contributed by atoms with E-state index in [1.54, 1.807) is 0 Å².